The van der Waals surface area contributed by atoms with Gasteiger partial charge < -0.3 is 55.4 Å². The Kier molecular flexibility index (Phi) is 24.6. The second-order valence-electron chi connectivity index (χ2n) is 19.8. The first kappa shape index (κ1) is 62.3. The predicted octanol–water partition coefficient (Wildman–Crippen LogP) is 5.20. The molecule has 4 aromatic rings. The van der Waals surface area contributed by atoms with Gasteiger partial charge in [-0.1, -0.05) is 51.1 Å². The van der Waals surface area contributed by atoms with E-state index in [-0.39, 0.29) is 87.7 Å². The molecule has 0 saturated carbocycles. The fourth-order valence-electron chi connectivity index (χ4n) is 8.18. The maximum absolute atomic E-state index is 15.2. The van der Waals surface area contributed by atoms with Crippen LogP contribution in [0.1, 0.15) is 88.6 Å². The standard InChI is InChI=1S/C57H73F2N9O11/c1-38(2)51(65-48(70)22-27-76-29-31-78-33-34-79-32-30-77-28-24-61-47(69)21-26-67-49(71)19-20-50(67)72)55(74)62-39(3)54(73)63-43-16-13-41(14-17-43)56(75)68(25-10-23-60)52(57(4,5)6)53-64-46(44-35-42(58)15-18-45(44)59)37-66(53)36-40-11-8-7-9-12-40/h7-9,11-20,35,37,39,52H,10,21-34,36,60H2,1-6H3,(H,61,69)(H,62,74)(H,63,73)(H,65,70)/t39-,52?/m0/s1. The Hall–Kier alpha value is -7.50. The summed E-state index contributed by atoms with van der Waals surface area (Å²) in [6.45, 7) is 13.9. The minimum absolute atomic E-state index is 0.00331. The van der Waals surface area contributed by atoms with Crippen LogP contribution in [0, 0.1) is 17.0 Å². The van der Waals surface area contributed by atoms with Crippen molar-refractivity contribution in [2.75, 3.05) is 84.4 Å². The number of anilines is 1. The van der Waals surface area contributed by atoms with E-state index in [9.17, 15) is 38.0 Å². The van der Waals surface area contributed by atoms with Gasteiger partial charge in [-0.2, -0.15) is 0 Å². The third kappa shape index (κ3) is 19.7. The van der Waals surface area contributed by atoms with Crippen molar-refractivity contribution < 1.29 is 61.3 Å². The van der Waals surface area contributed by atoms with Crippen molar-refractivity contribution in [3.05, 3.63) is 131 Å². The van der Waals surface area contributed by atoms with Crippen LogP contribution in [0.4, 0.5) is 14.5 Å². The highest BCUT2D eigenvalue weighted by Gasteiger charge is 2.39. The molecule has 1 aliphatic rings. The van der Waals surface area contributed by atoms with Crippen molar-refractivity contribution in [1.82, 2.24) is 35.3 Å². The largest absolute Gasteiger partial charge is 0.379 e. The summed E-state index contributed by atoms with van der Waals surface area (Å²) in [4.78, 5) is 96.8. The number of imide groups is 1. The number of carbonyl (C=O) groups excluding carboxylic acids is 7. The summed E-state index contributed by atoms with van der Waals surface area (Å²) in [5.74, 6) is -4.01. The molecule has 0 spiro atoms. The van der Waals surface area contributed by atoms with Gasteiger partial charge in [0.1, 0.15) is 29.2 Å². The molecule has 2 heterocycles. The molecule has 3 aromatic carbocycles. The number of nitrogens with one attached hydrogen (secondary N) is 4. The summed E-state index contributed by atoms with van der Waals surface area (Å²) in [5.41, 5.74) is 7.64. The number of halogens is 2. The van der Waals surface area contributed by atoms with Gasteiger partial charge in [-0.15, -0.1) is 0 Å². The molecule has 0 saturated heterocycles. The van der Waals surface area contributed by atoms with Crippen molar-refractivity contribution in [3.63, 3.8) is 0 Å². The van der Waals surface area contributed by atoms with Crippen LogP contribution < -0.4 is 27.0 Å². The highest BCUT2D eigenvalue weighted by molar-refractivity contribution is 6.13. The van der Waals surface area contributed by atoms with Gasteiger partial charge in [-0.05, 0) is 92.8 Å². The fraction of sp³-hybridized carbons (Fsp3) is 0.439. The quantitative estimate of drug-likeness (QED) is 0.0240. The molecule has 426 valence electrons. The first-order valence-corrected chi connectivity index (χ1v) is 26.1. The van der Waals surface area contributed by atoms with E-state index in [2.05, 4.69) is 21.3 Å². The van der Waals surface area contributed by atoms with E-state index >= 15 is 4.39 Å². The van der Waals surface area contributed by atoms with E-state index in [0.29, 0.717) is 68.6 Å². The molecule has 0 radical (unpaired) electrons. The second-order valence-corrected chi connectivity index (χ2v) is 19.8. The summed E-state index contributed by atoms with van der Waals surface area (Å²) in [6, 6.07) is 17.4. The van der Waals surface area contributed by atoms with Gasteiger partial charge in [0.15, 0.2) is 0 Å². The lowest BCUT2D eigenvalue weighted by molar-refractivity contribution is -0.137. The fourth-order valence-corrected chi connectivity index (χ4v) is 8.18. The minimum atomic E-state index is -1.04. The van der Waals surface area contributed by atoms with Gasteiger partial charge in [0.05, 0.1) is 71.0 Å². The molecule has 1 unspecified atom stereocenters. The highest BCUT2D eigenvalue weighted by Crippen LogP contribution is 2.40. The summed E-state index contributed by atoms with van der Waals surface area (Å²) in [7, 11) is 0. The third-order valence-corrected chi connectivity index (χ3v) is 12.2. The van der Waals surface area contributed by atoms with E-state index in [0.717, 1.165) is 28.7 Å². The van der Waals surface area contributed by atoms with Crippen LogP contribution >= 0.6 is 0 Å². The van der Waals surface area contributed by atoms with Crippen LogP contribution in [0.3, 0.4) is 0 Å². The zero-order valence-electron chi connectivity index (χ0n) is 45.7. The number of nitrogens with zero attached hydrogens (tertiary/aromatic N) is 4. The topological polar surface area (TPSA) is 255 Å². The lowest BCUT2D eigenvalue weighted by Gasteiger charge is -2.40. The lowest BCUT2D eigenvalue weighted by Crippen LogP contribution is -2.45. The van der Waals surface area contributed by atoms with Crippen LogP contribution in [0.25, 0.3) is 11.3 Å². The van der Waals surface area contributed by atoms with Crippen molar-refractivity contribution in [1.29, 1.82) is 0 Å². The Bertz CT molecular complexity index is 2760. The number of nitrogens with two attached hydrogens (primary N) is 1. The first-order valence-electron chi connectivity index (χ1n) is 26.1. The second kappa shape index (κ2) is 31.2. The third-order valence-electron chi connectivity index (χ3n) is 12.2. The minimum Gasteiger partial charge on any atom is -0.379 e. The first-order chi connectivity index (χ1) is 37.8. The van der Waals surface area contributed by atoms with Gasteiger partial charge in [0.25, 0.3) is 23.6 Å². The normalized spacial score (nSPS) is 13.0. The summed E-state index contributed by atoms with van der Waals surface area (Å²) in [6.07, 6.45) is 4.42. The molecule has 5 rings (SSSR count). The highest BCUT2D eigenvalue weighted by atomic mass is 19.1. The number of ether oxygens (including phenoxy) is 4. The number of benzene rings is 3. The van der Waals surface area contributed by atoms with Crippen molar-refractivity contribution in [2.24, 2.45) is 11.1 Å². The van der Waals surface area contributed by atoms with Crippen molar-refractivity contribution >= 4 is 47.0 Å². The number of imidazole rings is 1. The van der Waals surface area contributed by atoms with Gasteiger partial charge in [-0.25, -0.2) is 13.8 Å². The molecule has 2 atom stereocenters. The number of rotatable bonds is 32. The van der Waals surface area contributed by atoms with Crippen LogP contribution in [0.2, 0.25) is 0 Å². The maximum Gasteiger partial charge on any atom is 0.268 e. The summed E-state index contributed by atoms with van der Waals surface area (Å²) in [5, 5.41) is 10.7. The van der Waals surface area contributed by atoms with Crippen LogP contribution in [0.15, 0.2) is 102 Å². The monoisotopic (exact) mass is 1100 g/mol. The maximum atomic E-state index is 15.2. The molecule has 0 fully saturated rings. The summed E-state index contributed by atoms with van der Waals surface area (Å²) >= 11 is 0. The van der Waals surface area contributed by atoms with E-state index < -0.39 is 58.7 Å². The molecule has 0 aliphatic carbocycles. The Morgan fingerprint density at radius 2 is 1.41 bits per heavy atom. The zero-order chi connectivity index (χ0) is 57.5. The SMILES string of the molecule is CC(C)=C(NC(=O)CCOCCOCCOCCOCCNC(=O)CCN1C(=O)C=CC1=O)C(=O)N[C@@H](C)C(=O)Nc1ccc(C(=O)N(CCCN)C(c2nc(-c3cc(F)ccc3F)cn2Cc2ccccc2)C(C)(C)C)cc1. The van der Waals surface area contributed by atoms with Crippen LogP contribution in [-0.4, -0.2) is 146 Å². The number of aromatic nitrogens is 2. The average molecular weight is 1100 g/mol. The van der Waals surface area contributed by atoms with Gasteiger partial charge in [-0.3, -0.25) is 38.5 Å². The number of hydrogen-bond acceptors (Lipinski definition) is 13. The molecular formula is C57H73F2N9O11. The molecule has 79 heavy (non-hydrogen) atoms. The van der Waals surface area contributed by atoms with E-state index in [1.54, 1.807) is 49.2 Å². The van der Waals surface area contributed by atoms with Gasteiger partial charge in [0.2, 0.25) is 17.7 Å². The zero-order valence-corrected chi connectivity index (χ0v) is 45.7. The smallest absolute Gasteiger partial charge is 0.268 e. The van der Waals surface area contributed by atoms with Crippen molar-refractivity contribution in [2.45, 2.75) is 79.4 Å². The number of amides is 7. The Morgan fingerprint density at radius 1 is 0.785 bits per heavy atom. The molecular weight excluding hydrogens is 1020 g/mol. The van der Waals surface area contributed by atoms with Crippen molar-refractivity contribution in [3.8, 4) is 11.3 Å². The van der Waals surface area contributed by atoms with E-state index in [4.69, 9.17) is 29.7 Å². The Balaban J connectivity index is 1.04. The molecule has 1 aromatic heterocycles. The number of allylic oxidation sites excluding steroid dienone is 1. The number of hydrogen-bond donors (Lipinski definition) is 5. The Labute approximate surface area is 459 Å². The Morgan fingerprint density at radius 3 is 2.01 bits per heavy atom. The molecule has 1 aliphatic heterocycles. The lowest BCUT2D eigenvalue weighted by atomic mass is 9.84. The van der Waals surface area contributed by atoms with Gasteiger partial charge in [0, 0.05) is 67.8 Å². The molecule has 7 amide bonds. The van der Waals surface area contributed by atoms with E-state index in [1.807, 2.05) is 55.7 Å². The summed E-state index contributed by atoms with van der Waals surface area (Å²) < 4.78 is 53.5. The van der Waals surface area contributed by atoms with Crippen LogP contribution in [-0.2, 0) is 54.3 Å². The number of carbonyl (C=O) groups is 7. The van der Waals surface area contributed by atoms with Gasteiger partial charge >= 0.3 is 0 Å². The van der Waals surface area contributed by atoms with E-state index in [1.165, 1.54) is 19.1 Å². The molecule has 6 N–H and O–H groups in total. The average Bonchev–Trinajstić information content (AvgIpc) is 4.06. The predicted molar refractivity (Wildman–Crippen MR) is 291 cm³/mol. The van der Waals surface area contributed by atoms with Crippen LogP contribution in [0.5, 0.6) is 0 Å². The molecule has 0 bridgehead atoms. The molecule has 22 heteroatoms. The molecule has 20 nitrogen and oxygen atoms in total.